The predicted octanol–water partition coefficient (Wildman–Crippen LogP) is 3.98. The molecule has 0 saturated carbocycles. The van der Waals surface area contributed by atoms with Gasteiger partial charge in [0.1, 0.15) is 11.3 Å². The van der Waals surface area contributed by atoms with Crippen molar-refractivity contribution in [3.8, 4) is 16.9 Å². The summed E-state index contributed by atoms with van der Waals surface area (Å²) in [6.07, 6.45) is 0. The van der Waals surface area contributed by atoms with Crippen molar-refractivity contribution < 1.29 is 9.47 Å². The van der Waals surface area contributed by atoms with Gasteiger partial charge in [0.2, 0.25) is 5.95 Å². The SMILES string of the molecule is COCCN(C)c1ccc(-c2c(C)cc(Br)cc2OC)c2nc(N)n(C)c12. The minimum Gasteiger partial charge on any atom is -0.496 e. The first-order valence-corrected chi connectivity index (χ1v) is 9.47. The van der Waals surface area contributed by atoms with E-state index in [-0.39, 0.29) is 0 Å². The zero-order valence-corrected chi connectivity index (χ0v) is 17.9. The van der Waals surface area contributed by atoms with Crippen LogP contribution in [-0.2, 0) is 11.8 Å². The quantitative estimate of drug-likeness (QED) is 0.637. The number of fused-ring (bicyclic) bond motifs is 1. The molecule has 27 heavy (non-hydrogen) atoms. The number of anilines is 2. The Kier molecular flexibility index (Phi) is 5.62. The molecule has 1 heterocycles. The molecule has 0 atom stereocenters. The first kappa shape index (κ1) is 19.5. The van der Waals surface area contributed by atoms with Gasteiger partial charge in [-0.2, -0.15) is 0 Å². The van der Waals surface area contributed by atoms with E-state index in [1.807, 2.05) is 24.7 Å². The molecule has 0 aliphatic heterocycles. The Morgan fingerprint density at radius 1 is 1.26 bits per heavy atom. The Morgan fingerprint density at radius 2 is 2.00 bits per heavy atom. The van der Waals surface area contributed by atoms with E-state index in [1.165, 1.54) is 0 Å². The Hall–Kier alpha value is -2.25. The van der Waals surface area contributed by atoms with E-state index in [1.54, 1.807) is 14.2 Å². The number of nitrogens with two attached hydrogens (primary N) is 1. The first-order chi connectivity index (χ1) is 12.9. The van der Waals surface area contributed by atoms with E-state index in [9.17, 15) is 0 Å². The summed E-state index contributed by atoms with van der Waals surface area (Å²) < 4.78 is 13.8. The third kappa shape index (κ3) is 3.49. The monoisotopic (exact) mass is 432 g/mol. The van der Waals surface area contributed by atoms with Crippen molar-refractivity contribution in [3.63, 3.8) is 0 Å². The highest BCUT2D eigenvalue weighted by molar-refractivity contribution is 9.10. The maximum absolute atomic E-state index is 6.17. The zero-order chi connectivity index (χ0) is 19.7. The molecule has 6 nitrogen and oxygen atoms in total. The molecule has 1 aromatic heterocycles. The minimum absolute atomic E-state index is 0.479. The molecule has 0 fully saturated rings. The normalized spacial score (nSPS) is 11.2. The van der Waals surface area contributed by atoms with Gasteiger partial charge in [0, 0.05) is 43.3 Å². The number of imidazole rings is 1. The van der Waals surface area contributed by atoms with Crippen LogP contribution in [0.3, 0.4) is 0 Å². The number of nitrogen functional groups attached to an aromatic ring is 1. The van der Waals surface area contributed by atoms with Crippen LogP contribution < -0.4 is 15.4 Å². The molecule has 0 amide bonds. The molecule has 3 rings (SSSR count). The second-order valence-electron chi connectivity index (χ2n) is 6.57. The first-order valence-electron chi connectivity index (χ1n) is 8.68. The van der Waals surface area contributed by atoms with Crippen LogP contribution in [0.1, 0.15) is 5.56 Å². The van der Waals surface area contributed by atoms with Gasteiger partial charge in [-0.15, -0.1) is 0 Å². The van der Waals surface area contributed by atoms with Crippen LogP contribution in [0.15, 0.2) is 28.7 Å². The van der Waals surface area contributed by atoms with Gasteiger partial charge < -0.3 is 24.7 Å². The number of ether oxygens (including phenoxy) is 2. The molecule has 2 N–H and O–H groups in total. The third-order valence-corrected chi connectivity index (χ3v) is 5.29. The highest BCUT2D eigenvalue weighted by atomic mass is 79.9. The zero-order valence-electron chi connectivity index (χ0n) is 16.3. The molecular weight excluding hydrogens is 408 g/mol. The summed E-state index contributed by atoms with van der Waals surface area (Å²) in [4.78, 5) is 6.82. The molecule has 0 aliphatic rings. The molecule has 0 unspecified atom stereocenters. The van der Waals surface area contributed by atoms with Gasteiger partial charge in [0.15, 0.2) is 0 Å². The lowest BCUT2D eigenvalue weighted by atomic mass is 9.97. The van der Waals surface area contributed by atoms with Gasteiger partial charge in [-0.1, -0.05) is 15.9 Å². The van der Waals surface area contributed by atoms with Crippen molar-refractivity contribution in [2.45, 2.75) is 6.92 Å². The lowest BCUT2D eigenvalue weighted by Crippen LogP contribution is -2.22. The summed E-state index contributed by atoms with van der Waals surface area (Å²) in [6, 6.07) is 8.25. The van der Waals surface area contributed by atoms with E-state index in [2.05, 4.69) is 50.9 Å². The van der Waals surface area contributed by atoms with Crippen LogP contribution in [0.4, 0.5) is 11.6 Å². The number of halogens is 1. The maximum Gasteiger partial charge on any atom is 0.201 e. The molecule has 0 spiro atoms. The van der Waals surface area contributed by atoms with Gasteiger partial charge in [0.05, 0.1) is 24.9 Å². The summed E-state index contributed by atoms with van der Waals surface area (Å²) in [5.41, 5.74) is 12.2. The second-order valence-corrected chi connectivity index (χ2v) is 7.49. The molecule has 144 valence electrons. The van der Waals surface area contributed by atoms with Crippen molar-refractivity contribution >= 4 is 38.6 Å². The van der Waals surface area contributed by atoms with E-state index < -0.39 is 0 Å². The van der Waals surface area contributed by atoms with Crippen LogP contribution in [0.25, 0.3) is 22.2 Å². The van der Waals surface area contributed by atoms with Crippen LogP contribution in [0.5, 0.6) is 5.75 Å². The molecule has 0 saturated heterocycles. The Labute approximate surface area is 168 Å². The number of nitrogens with zero attached hydrogens (tertiary/aromatic N) is 3. The molecule has 3 aromatic rings. The van der Waals surface area contributed by atoms with E-state index >= 15 is 0 Å². The van der Waals surface area contributed by atoms with Crippen LogP contribution in [-0.4, -0.2) is 44.0 Å². The Bertz CT molecular complexity index is 984. The summed E-state index contributed by atoms with van der Waals surface area (Å²) in [5.74, 6) is 1.28. The van der Waals surface area contributed by atoms with Crippen molar-refractivity contribution in [3.05, 3.63) is 34.3 Å². The standard InChI is InChI=1S/C20H25BrN4O2/c1-12-10-13(21)11-16(27-5)17(12)14-6-7-15(24(2)8-9-26-4)19-18(14)23-20(22)25(19)3/h6-7,10-11H,8-9H2,1-5H3,(H2,22,23). The Balaban J connectivity index is 2.28. The largest absolute Gasteiger partial charge is 0.496 e. The summed E-state index contributed by atoms with van der Waals surface area (Å²) in [7, 11) is 7.37. The predicted molar refractivity (Wildman–Crippen MR) is 115 cm³/mol. The number of hydrogen-bond donors (Lipinski definition) is 1. The number of likely N-dealkylation sites (N-methyl/N-ethyl adjacent to an activating group) is 1. The lowest BCUT2D eigenvalue weighted by molar-refractivity contribution is 0.206. The minimum atomic E-state index is 0.479. The highest BCUT2D eigenvalue weighted by Gasteiger charge is 2.20. The fourth-order valence-corrected chi connectivity index (χ4v) is 3.95. The number of aromatic nitrogens is 2. The van der Waals surface area contributed by atoms with Gasteiger partial charge in [-0.25, -0.2) is 4.98 Å². The van der Waals surface area contributed by atoms with Crippen molar-refractivity contribution in [1.29, 1.82) is 0 Å². The van der Waals surface area contributed by atoms with Crippen molar-refractivity contribution in [2.75, 3.05) is 45.1 Å². The number of rotatable bonds is 6. The fourth-order valence-electron chi connectivity index (χ4n) is 3.39. The van der Waals surface area contributed by atoms with Crippen LogP contribution in [0, 0.1) is 6.92 Å². The molecule has 0 bridgehead atoms. The van der Waals surface area contributed by atoms with Gasteiger partial charge in [-0.05, 0) is 36.8 Å². The second kappa shape index (κ2) is 7.78. The molecule has 0 aliphatic carbocycles. The van der Waals surface area contributed by atoms with Gasteiger partial charge in [-0.3, -0.25) is 0 Å². The average molecular weight is 433 g/mol. The smallest absolute Gasteiger partial charge is 0.201 e. The topological polar surface area (TPSA) is 65.5 Å². The third-order valence-electron chi connectivity index (χ3n) is 4.83. The lowest BCUT2D eigenvalue weighted by Gasteiger charge is -2.21. The van der Waals surface area contributed by atoms with E-state index in [0.29, 0.717) is 12.6 Å². The highest BCUT2D eigenvalue weighted by Crippen LogP contribution is 2.41. The molecule has 7 heteroatoms. The van der Waals surface area contributed by atoms with Crippen LogP contribution in [0.2, 0.25) is 0 Å². The van der Waals surface area contributed by atoms with Crippen molar-refractivity contribution in [1.82, 2.24) is 9.55 Å². The van der Waals surface area contributed by atoms with Crippen molar-refractivity contribution in [2.24, 2.45) is 7.05 Å². The van der Waals surface area contributed by atoms with E-state index in [0.717, 1.165) is 50.2 Å². The summed E-state index contributed by atoms with van der Waals surface area (Å²) in [6.45, 7) is 3.49. The summed E-state index contributed by atoms with van der Waals surface area (Å²) in [5, 5.41) is 0. The average Bonchev–Trinajstić information content (AvgIpc) is 2.94. The summed E-state index contributed by atoms with van der Waals surface area (Å²) >= 11 is 3.54. The number of hydrogen-bond acceptors (Lipinski definition) is 5. The number of aryl methyl sites for hydroxylation is 2. The van der Waals surface area contributed by atoms with Gasteiger partial charge in [0.25, 0.3) is 0 Å². The number of benzene rings is 2. The fraction of sp³-hybridized carbons (Fsp3) is 0.350. The van der Waals surface area contributed by atoms with Crippen LogP contribution >= 0.6 is 15.9 Å². The maximum atomic E-state index is 6.17. The number of methoxy groups -OCH3 is 2. The molecular formula is C20H25BrN4O2. The molecule has 2 aromatic carbocycles. The Morgan fingerprint density at radius 3 is 2.67 bits per heavy atom. The molecule has 0 radical (unpaired) electrons. The van der Waals surface area contributed by atoms with E-state index in [4.69, 9.17) is 15.2 Å². The van der Waals surface area contributed by atoms with Gasteiger partial charge >= 0.3 is 0 Å².